The second-order valence-corrected chi connectivity index (χ2v) is 2.49. The summed E-state index contributed by atoms with van der Waals surface area (Å²) >= 11 is 0. The molecule has 3 heteroatoms. The van der Waals surface area contributed by atoms with E-state index < -0.39 is 0 Å². The van der Waals surface area contributed by atoms with Crippen LogP contribution in [-0.4, -0.2) is 18.6 Å². The van der Waals surface area contributed by atoms with Crippen LogP contribution in [0.5, 0.6) is 0 Å². The first-order chi connectivity index (χ1) is 5.31. The van der Waals surface area contributed by atoms with Gasteiger partial charge in [-0.2, -0.15) is 0 Å². The van der Waals surface area contributed by atoms with Gasteiger partial charge in [0.15, 0.2) is 0 Å². The molecule has 0 bridgehead atoms. The van der Waals surface area contributed by atoms with Crippen LogP contribution in [0.25, 0.3) is 0 Å². The summed E-state index contributed by atoms with van der Waals surface area (Å²) in [5.41, 5.74) is 5.22. The fourth-order valence-electron chi connectivity index (χ4n) is 0.807. The van der Waals surface area contributed by atoms with E-state index in [4.69, 9.17) is 5.73 Å². The molecule has 0 aliphatic heterocycles. The van der Waals surface area contributed by atoms with E-state index in [-0.39, 0.29) is 5.78 Å². The van der Waals surface area contributed by atoms with Crippen molar-refractivity contribution in [1.82, 2.24) is 0 Å². The minimum Gasteiger partial charge on any atom is -0.330 e. The van der Waals surface area contributed by atoms with Crippen LogP contribution in [0.4, 0.5) is 0 Å². The predicted molar refractivity (Wildman–Crippen MR) is 43.2 cm³/mol. The zero-order chi connectivity index (χ0) is 8.53. The number of carbonyl (C=O) groups is 2. The summed E-state index contributed by atoms with van der Waals surface area (Å²) in [5, 5.41) is 0. The molecule has 0 aromatic heterocycles. The summed E-state index contributed by atoms with van der Waals surface area (Å²) < 4.78 is 0. The summed E-state index contributed by atoms with van der Waals surface area (Å²) in [6.07, 6.45) is 3.88. The summed E-state index contributed by atoms with van der Waals surface area (Å²) in [6, 6.07) is 0. The third kappa shape index (κ3) is 7.19. The van der Waals surface area contributed by atoms with Crippen LogP contribution in [0.1, 0.15) is 32.1 Å². The Labute approximate surface area is 67.0 Å². The number of ketones is 1. The molecule has 0 aliphatic rings. The Kier molecular flexibility index (Phi) is 6.94. The molecule has 0 saturated carbocycles. The van der Waals surface area contributed by atoms with Gasteiger partial charge in [-0.1, -0.05) is 0 Å². The fourth-order valence-corrected chi connectivity index (χ4v) is 0.807. The third-order valence-electron chi connectivity index (χ3n) is 1.44. The van der Waals surface area contributed by atoms with E-state index in [0.29, 0.717) is 32.2 Å². The molecule has 0 rings (SSSR count). The van der Waals surface area contributed by atoms with E-state index in [1.165, 1.54) is 0 Å². The topological polar surface area (TPSA) is 60.2 Å². The number of hydrogen-bond acceptors (Lipinski definition) is 3. The molecule has 0 fully saturated rings. The first-order valence-corrected chi connectivity index (χ1v) is 3.96. The van der Waals surface area contributed by atoms with E-state index in [1.54, 1.807) is 0 Å². The Bertz CT molecular complexity index is 123. The highest BCUT2D eigenvalue weighted by atomic mass is 16.1. The van der Waals surface area contributed by atoms with E-state index in [1.807, 2.05) is 0 Å². The van der Waals surface area contributed by atoms with Crippen LogP contribution in [0.2, 0.25) is 0 Å². The van der Waals surface area contributed by atoms with E-state index in [0.717, 1.165) is 12.7 Å². The molecule has 0 unspecified atom stereocenters. The molecule has 0 radical (unpaired) electrons. The van der Waals surface area contributed by atoms with Gasteiger partial charge in [0.25, 0.3) is 0 Å². The SMILES string of the molecule is NCCCC(=O)CCCC=O. The van der Waals surface area contributed by atoms with Crippen LogP contribution in [0, 0.1) is 0 Å². The maximum atomic E-state index is 10.9. The molecule has 0 atom stereocenters. The Hall–Kier alpha value is -0.700. The van der Waals surface area contributed by atoms with Gasteiger partial charge in [-0.25, -0.2) is 0 Å². The zero-order valence-corrected chi connectivity index (χ0v) is 6.71. The average Bonchev–Trinajstić information content (AvgIpc) is 2.01. The molecule has 0 saturated heterocycles. The largest absolute Gasteiger partial charge is 0.330 e. The number of carbonyl (C=O) groups excluding carboxylic acids is 2. The Balaban J connectivity index is 3.15. The quantitative estimate of drug-likeness (QED) is 0.436. The summed E-state index contributed by atoms with van der Waals surface area (Å²) in [6.45, 7) is 0.569. The molecule has 0 heterocycles. The number of nitrogens with two attached hydrogens (primary N) is 1. The third-order valence-corrected chi connectivity index (χ3v) is 1.44. The van der Waals surface area contributed by atoms with Gasteiger partial charge >= 0.3 is 0 Å². The minimum absolute atomic E-state index is 0.220. The molecule has 2 N–H and O–H groups in total. The fraction of sp³-hybridized carbons (Fsp3) is 0.750. The highest BCUT2D eigenvalue weighted by Gasteiger charge is 1.99. The van der Waals surface area contributed by atoms with E-state index in [9.17, 15) is 9.59 Å². The van der Waals surface area contributed by atoms with Crippen molar-refractivity contribution in [2.45, 2.75) is 32.1 Å². The Morgan fingerprint density at radius 3 is 2.45 bits per heavy atom. The predicted octanol–water partition coefficient (Wildman–Crippen LogP) is 0.664. The smallest absolute Gasteiger partial charge is 0.132 e. The van der Waals surface area contributed by atoms with Gasteiger partial charge in [-0.15, -0.1) is 0 Å². The van der Waals surface area contributed by atoms with Gasteiger partial charge < -0.3 is 10.5 Å². The maximum Gasteiger partial charge on any atom is 0.132 e. The Morgan fingerprint density at radius 2 is 1.91 bits per heavy atom. The van der Waals surface area contributed by atoms with Gasteiger partial charge in [-0.05, 0) is 19.4 Å². The minimum atomic E-state index is 0.220. The number of rotatable bonds is 7. The van der Waals surface area contributed by atoms with Crippen LogP contribution >= 0.6 is 0 Å². The van der Waals surface area contributed by atoms with Crippen LogP contribution in [0.3, 0.4) is 0 Å². The molecule has 11 heavy (non-hydrogen) atoms. The lowest BCUT2D eigenvalue weighted by Gasteiger charge is -1.95. The molecule has 0 aromatic rings. The van der Waals surface area contributed by atoms with Crippen LogP contribution in [0.15, 0.2) is 0 Å². The maximum absolute atomic E-state index is 10.9. The van der Waals surface area contributed by atoms with E-state index in [2.05, 4.69) is 0 Å². The van der Waals surface area contributed by atoms with Gasteiger partial charge in [0, 0.05) is 19.3 Å². The lowest BCUT2D eigenvalue weighted by Crippen LogP contribution is -2.04. The molecular formula is C8H15NO2. The number of Topliss-reactive ketones (excluding diaryl/α,β-unsaturated/α-hetero) is 1. The zero-order valence-electron chi connectivity index (χ0n) is 6.71. The van der Waals surface area contributed by atoms with Crippen molar-refractivity contribution >= 4 is 12.1 Å². The van der Waals surface area contributed by atoms with Gasteiger partial charge in [0.2, 0.25) is 0 Å². The van der Waals surface area contributed by atoms with Crippen molar-refractivity contribution < 1.29 is 9.59 Å². The highest BCUT2D eigenvalue weighted by Crippen LogP contribution is 1.99. The number of aldehydes is 1. The molecule has 0 aromatic carbocycles. The molecular weight excluding hydrogens is 142 g/mol. The van der Waals surface area contributed by atoms with Crippen molar-refractivity contribution in [3.8, 4) is 0 Å². The normalized spacial score (nSPS) is 9.55. The van der Waals surface area contributed by atoms with Crippen LogP contribution < -0.4 is 5.73 Å². The molecule has 0 aliphatic carbocycles. The Morgan fingerprint density at radius 1 is 1.27 bits per heavy atom. The summed E-state index contributed by atoms with van der Waals surface area (Å²) in [4.78, 5) is 20.8. The summed E-state index contributed by atoms with van der Waals surface area (Å²) in [7, 11) is 0. The van der Waals surface area contributed by atoms with Crippen molar-refractivity contribution in [2.24, 2.45) is 5.73 Å². The van der Waals surface area contributed by atoms with Crippen molar-refractivity contribution in [3.63, 3.8) is 0 Å². The van der Waals surface area contributed by atoms with Crippen molar-refractivity contribution in [3.05, 3.63) is 0 Å². The second kappa shape index (κ2) is 7.41. The van der Waals surface area contributed by atoms with Crippen molar-refractivity contribution in [1.29, 1.82) is 0 Å². The molecule has 64 valence electrons. The lowest BCUT2D eigenvalue weighted by atomic mass is 10.1. The van der Waals surface area contributed by atoms with Gasteiger partial charge in [0.1, 0.15) is 12.1 Å². The highest BCUT2D eigenvalue weighted by molar-refractivity contribution is 5.78. The molecule has 3 nitrogen and oxygen atoms in total. The van der Waals surface area contributed by atoms with Crippen molar-refractivity contribution in [2.75, 3.05) is 6.54 Å². The van der Waals surface area contributed by atoms with Crippen LogP contribution in [-0.2, 0) is 9.59 Å². The first-order valence-electron chi connectivity index (χ1n) is 3.96. The summed E-state index contributed by atoms with van der Waals surface area (Å²) in [5.74, 6) is 0.220. The monoisotopic (exact) mass is 157 g/mol. The average molecular weight is 157 g/mol. The van der Waals surface area contributed by atoms with Gasteiger partial charge in [-0.3, -0.25) is 4.79 Å². The first kappa shape index (κ1) is 10.3. The molecule has 0 spiro atoms. The second-order valence-electron chi connectivity index (χ2n) is 2.49. The van der Waals surface area contributed by atoms with E-state index >= 15 is 0 Å². The van der Waals surface area contributed by atoms with Gasteiger partial charge in [0.05, 0.1) is 0 Å². The molecule has 0 amide bonds. The number of hydrogen-bond donors (Lipinski definition) is 1. The number of unbranched alkanes of at least 4 members (excludes halogenated alkanes) is 1. The standard InChI is InChI=1S/C8H15NO2/c9-6-3-5-8(11)4-1-2-7-10/h7H,1-6,9H2. The lowest BCUT2D eigenvalue weighted by molar-refractivity contribution is -0.119.